The minimum Gasteiger partial charge on any atom is -0.313 e. The Morgan fingerprint density at radius 2 is 2.25 bits per heavy atom. The van der Waals surface area contributed by atoms with E-state index in [-0.39, 0.29) is 5.82 Å². The smallest absolute Gasteiger partial charge is 0.129 e. The van der Waals surface area contributed by atoms with Crippen molar-refractivity contribution in [2.24, 2.45) is 0 Å². The van der Waals surface area contributed by atoms with Gasteiger partial charge in [-0.2, -0.15) is 0 Å². The largest absolute Gasteiger partial charge is 0.313 e. The van der Waals surface area contributed by atoms with Crippen LogP contribution in [-0.4, -0.2) is 22.8 Å². The Hall–Kier alpha value is -0.450. The molecule has 0 amide bonds. The normalized spacial score (nSPS) is 12.7. The van der Waals surface area contributed by atoms with E-state index in [2.05, 4.69) is 5.32 Å². The molecule has 0 bridgehead atoms. The molecule has 0 saturated carbocycles. The molecular weight excluding hydrogens is 249 g/mol. The van der Waals surface area contributed by atoms with Crippen LogP contribution in [0.1, 0.15) is 12.0 Å². The van der Waals surface area contributed by atoms with Gasteiger partial charge in [0.05, 0.1) is 0 Å². The van der Waals surface area contributed by atoms with Gasteiger partial charge in [-0.25, -0.2) is 4.39 Å². The van der Waals surface area contributed by atoms with E-state index in [1.54, 1.807) is 18.4 Å². The summed E-state index contributed by atoms with van der Waals surface area (Å²) in [5, 5.41) is 3.51. The zero-order valence-corrected chi connectivity index (χ0v) is 10.7. The Morgan fingerprint density at radius 3 is 2.88 bits per heavy atom. The van der Waals surface area contributed by atoms with E-state index < -0.39 is 10.8 Å². The molecule has 0 aliphatic heterocycles. The fraction of sp³-hybridized carbons (Fsp3) is 0.455. The minimum absolute atomic E-state index is 0.293. The van der Waals surface area contributed by atoms with E-state index in [1.165, 1.54) is 6.07 Å². The highest BCUT2D eigenvalue weighted by molar-refractivity contribution is 7.84. The van der Waals surface area contributed by atoms with Crippen molar-refractivity contribution in [3.8, 4) is 0 Å². The number of benzene rings is 1. The van der Waals surface area contributed by atoms with Gasteiger partial charge in [0.25, 0.3) is 0 Å². The molecule has 0 aliphatic rings. The Morgan fingerprint density at radius 1 is 1.50 bits per heavy atom. The zero-order chi connectivity index (χ0) is 12.0. The lowest BCUT2D eigenvalue weighted by Crippen LogP contribution is -2.17. The summed E-state index contributed by atoms with van der Waals surface area (Å²) in [5.74, 6) is 0.384. The van der Waals surface area contributed by atoms with Crippen LogP contribution in [0.25, 0.3) is 0 Å². The molecular formula is C11H15ClFNOS. The highest BCUT2D eigenvalue weighted by atomic mass is 35.5. The first kappa shape index (κ1) is 13.6. The third kappa shape index (κ3) is 5.05. The van der Waals surface area contributed by atoms with Gasteiger partial charge in [-0.3, -0.25) is 4.21 Å². The lowest BCUT2D eigenvalue weighted by atomic mass is 10.2. The van der Waals surface area contributed by atoms with Crippen molar-refractivity contribution < 1.29 is 8.60 Å². The maximum Gasteiger partial charge on any atom is 0.129 e. The van der Waals surface area contributed by atoms with Gasteiger partial charge in [0.1, 0.15) is 5.82 Å². The predicted molar refractivity (Wildman–Crippen MR) is 66.7 cm³/mol. The quantitative estimate of drug-likeness (QED) is 0.799. The maximum absolute atomic E-state index is 13.3. The van der Waals surface area contributed by atoms with Gasteiger partial charge in [-0.05, 0) is 25.1 Å². The van der Waals surface area contributed by atoms with Crippen molar-refractivity contribution in [1.82, 2.24) is 5.32 Å². The minimum atomic E-state index is -0.753. The summed E-state index contributed by atoms with van der Waals surface area (Å²) in [5.41, 5.74) is 0.599. The number of rotatable bonds is 6. The highest BCUT2D eigenvalue weighted by Crippen LogP contribution is 2.14. The van der Waals surface area contributed by atoms with E-state index in [0.29, 0.717) is 22.9 Å². The molecule has 1 aromatic rings. The topological polar surface area (TPSA) is 29.1 Å². The monoisotopic (exact) mass is 263 g/mol. The Kier molecular flexibility index (Phi) is 5.95. The molecule has 0 heterocycles. The Balaban J connectivity index is 2.29. The van der Waals surface area contributed by atoms with Gasteiger partial charge in [-0.15, -0.1) is 0 Å². The van der Waals surface area contributed by atoms with Crippen molar-refractivity contribution in [1.29, 1.82) is 0 Å². The fourth-order valence-electron chi connectivity index (χ4n) is 1.29. The van der Waals surface area contributed by atoms with Crippen LogP contribution in [-0.2, 0) is 17.3 Å². The summed E-state index contributed by atoms with van der Waals surface area (Å²) in [6.45, 7) is 1.21. The third-order valence-corrected chi connectivity index (χ3v) is 3.21. The molecule has 90 valence electrons. The van der Waals surface area contributed by atoms with Gasteiger partial charge in [0.15, 0.2) is 0 Å². The number of halogens is 2. The molecule has 2 nitrogen and oxygen atoms in total. The molecule has 1 unspecified atom stereocenters. The summed E-state index contributed by atoms with van der Waals surface area (Å²) >= 11 is 5.64. The molecule has 0 saturated heterocycles. The molecule has 5 heteroatoms. The second kappa shape index (κ2) is 6.99. The molecule has 1 N–H and O–H groups in total. The van der Waals surface area contributed by atoms with Crippen LogP contribution in [0.15, 0.2) is 18.2 Å². The van der Waals surface area contributed by atoms with E-state index in [1.807, 2.05) is 0 Å². The molecule has 16 heavy (non-hydrogen) atoms. The average Bonchev–Trinajstić information content (AvgIpc) is 2.20. The van der Waals surface area contributed by atoms with Gasteiger partial charge < -0.3 is 5.32 Å². The molecule has 0 spiro atoms. The standard InChI is InChI=1S/C11H15ClFNOS/c1-16(15)6-2-5-14-8-9-3-4-10(12)7-11(9)13/h3-4,7,14H,2,5-6,8H2,1H3. The van der Waals surface area contributed by atoms with Crippen molar-refractivity contribution in [2.75, 3.05) is 18.6 Å². The van der Waals surface area contributed by atoms with Crippen LogP contribution in [0, 0.1) is 5.82 Å². The molecule has 0 fully saturated rings. The lowest BCUT2D eigenvalue weighted by molar-refractivity contribution is 0.586. The van der Waals surface area contributed by atoms with E-state index in [4.69, 9.17) is 11.6 Å². The van der Waals surface area contributed by atoms with Crippen LogP contribution in [0.4, 0.5) is 4.39 Å². The SMILES string of the molecule is CS(=O)CCCNCc1ccc(Cl)cc1F. The summed E-state index contributed by atoms with van der Waals surface area (Å²) in [4.78, 5) is 0. The number of nitrogens with one attached hydrogen (secondary N) is 1. The van der Waals surface area contributed by atoms with Gasteiger partial charge in [0, 0.05) is 39.9 Å². The van der Waals surface area contributed by atoms with Crippen molar-refractivity contribution in [3.63, 3.8) is 0 Å². The number of hydrogen-bond donors (Lipinski definition) is 1. The summed E-state index contributed by atoms with van der Waals surface area (Å²) in [6.07, 6.45) is 2.51. The van der Waals surface area contributed by atoms with Crippen LogP contribution in [0.3, 0.4) is 0 Å². The van der Waals surface area contributed by atoms with E-state index in [0.717, 1.165) is 13.0 Å². The molecule has 1 rings (SSSR count). The number of hydrogen-bond acceptors (Lipinski definition) is 2. The van der Waals surface area contributed by atoms with Crippen molar-refractivity contribution in [3.05, 3.63) is 34.6 Å². The van der Waals surface area contributed by atoms with Crippen molar-refractivity contribution >= 4 is 22.4 Å². The third-order valence-electron chi connectivity index (χ3n) is 2.12. The summed E-state index contributed by atoms with van der Waals surface area (Å²) < 4.78 is 24.1. The molecule has 1 aromatic carbocycles. The van der Waals surface area contributed by atoms with Crippen LogP contribution in [0.5, 0.6) is 0 Å². The van der Waals surface area contributed by atoms with Crippen LogP contribution in [0.2, 0.25) is 5.02 Å². The average molecular weight is 264 g/mol. The zero-order valence-electron chi connectivity index (χ0n) is 9.13. The molecule has 1 atom stereocenters. The second-order valence-electron chi connectivity index (χ2n) is 3.54. The van der Waals surface area contributed by atoms with Crippen LogP contribution >= 0.6 is 11.6 Å². The maximum atomic E-state index is 13.3. The predicted octanol–water partition coefficient (Wildman–Crippen LogP) is 2.34. The highest BCUT2D eigenvalue weighted by Gasteiger charge is 2.02. The molecule has 0 aromatic heterocycles. The van der Waals surface area contributed by atoms with Gasteiger partial charge in [-0.1, -0.05) is 17.7 Å². The van der Waals surface area contributed by atoms with Crippen molar-refractivity contribution in [2.45, 2.75) is 13.0 Å². The van der Waals surface area contributed by atoms with Gasteiger partial charge >= 0.3 is 0 Å². The lowest BCUT2D eigenvalue weighted by Gasteiger charge is -2.05. The first-order valence-electron chi connectivity index (χ1n) is 5.04. The summed E-state index contributed by atoms with van der Waals surface area (Å²) in [7, 11) is -0.753. The Labute approximate surface area is 103 Å². The molecule has 0 aliphatic carbocycles. The van der Waals surface area contributed by atoms with E-state index >= 15 is 0 Å². The van der Waals surface area contributed by atoms with E-state index in [9.17, 15) is 8.60 Å². The molecule has 0 radical (unpaired) electrons. The fourth-order valence-corrected chi connectivity index (χ4v) is 2.00. The first-order chi connectivity index (χ1) is 7.59. The Bertz CT molecular complexity index is 373. The summed E-state index contributed by atoms with van der Waals surface area (Å²) in [6, 6.07) is 4.64. The van der Waals surface area contributed by atoms with Gasteiger partial charge in [0.2, 0.25) is 0 Å². The second-order valence-corrected chi connectivity index (χ2v) is 5.53. The first-order valence-corrected chi connectivity index (χ1v) is 7.15. The van der Waals surface area contributed by atoms with Crippen LogP contribution < -0.4 is 5.32 Å².